The van der Waals surface area contributed by atoms with E-state index in [9.17, 15) is 17.3 Å². The van der Waals surface area contributed by atoms with Crippen LogP contribution in [0.25, 0.3) is 0 Å². The average Bonchev–Trinajstić information content (AvgIpc) is 1.12. The molecule has 0 atom stereocenters. The van der Waals surface area contributed by atoms with E-state index in [2.05, 4.69) is 4.74 Å². The molecule has 0 aromatic carbocycles. The first-order chi connectivity index (χ1) is 4.00. The summed E-state index contributed by atoms with van der Waals surface area (Å²) in [6, 6.07) is 0. The molecule has 1 aliphatic rings. The molecule has 9 heavy (non-hydrogen) atoms. The molecule has 1 aliphatic heterocycles. The molecular formula is C3H7BF4O. The Hall–Kier alpha value is -0.255. The number of rotatable bonds is 0. The van der Waals surface area contributed by atoms with Crippen molar-refractivity contribution in [2.75, 3.05) is 13.2 Å². The first kappa shape index (κ1) is 8.74. The van der Waals surface area contributed by atoms with Crippen molar-refractivity contribution in [2.24, 2.45) is 0 Å². The number of halogens is 4. The van der Waals surface area contributed by atoms with Gasteiger partial charge < -0.3 is 22.0 Å². The van der Waals surface area contributed by atoms with Gasteiger partial charge in [0.15, 0.2) is 13.2 Å². The minimum absolute atomic E-state index is 1.12. The predicted octanol–water partition coefficient (Wildman–Crippen LogP) is 1.22. The molecule has 0 amide bonds. The zero-order chi connectivity index (χ0) is 7.33. The molecule has 0 radical (unpaired) electrons. The van der Waals surface area contributed by atoms with E-state index in [0.29, 0.717) is 0 Å². The van der Waals surface area contributed by atoms with Crippen LogP contribution in [0.4, 0.5) is 17.3 Å². The van der Waals surface area contributed by atoms with Gasteiger partial charge in [-0.15, -0.1) is 0 Å². The normalized spacial score (nSPS) is 17.3. The molecular weight excluding hydrogens is 139 g/mol. The number of aliphatic hydroxyl groups is 2. The van der Waals surface area contributed by atoms with Crippen LogP contribution in [0.3, 0.4) is 0 Å². The standard InChI is InChI=1S/C3H6O.BF4/c1-2-4-3-1;2-1(3,4)5/h1-3H2;/q;-1/p+1. The van der Waals surface area contributed by atoms with E-state index in [1.807, 2.05) is 0 Å². The summed E-state index contributed by atoms with van der Waals surface area (Å²) in [6.45, 7) is 2.25. The van der Waals surface area contributed by atoms with Crippen molar-refractivity contribution in [2.45, 2.75) is 6.42 Å². The molecule has 0 bridgehead atoms. The molecule has 1 heterocycles. The van der Waals surface area contributed by atoms with Crippen molar-refractivity contribution in [1.82, 2.24) is 0 Å². The van der Waals surface area contributed by atoms with Gasteiger partial charge in [-0.25, -0.2) is 0 Å². The van der Waals surface area contributed by atoms with Gasteiger partial charge in [0.25, 0.3) is 0 Å². The highest BCUT2D eigenvalue weighted by atomic mass is 19.5. The van der Waals surface area contributed by atoms with Gasteiger partial charge in [0.05, 0.1) is 6.42 Å². The van der Waals surface area contributed by atoms with Crippen molar-refractivity contribution in [3.05, 3.63) is 0 Å². The Bertz CT molecular complexity index is 58.7. The van der Waals surface area contributed by atoms with Gasteiger partial charge in [-0.2, -0.15) is 0 Å². The first-order valence-electron chi connectivity index (χ1n) is 2.51. The van der Waals surface area contributed by atoms with Crippen LogP contribution in [0.15, 0.2) is 0 Å². The van der Waals surface area contributed by atoms with Crippen LogP contribution in [0, 0.1) is 0 Å². The van der Waals surface area contributed by atoms with E-state index < -0.39 is 7.25 Å². The van der Waals surface area contributed by atoms with E-state index in [-0.39, 0.29) is 0 Å². The highest BCUT2D eigenvalue weighted by Gasteiger charge is 2.20. The van der Waals surface area contributed by atoms with Crippen molar-refractivity contribution in [3.63, 3.8) is 0 Å². The van der Waals surface area contributed by atoms with Crippen LogP contribution in [-0.2, 0) is 0 Å². The lowest BCUT2D eigenvalue weighted by Gasteiger charge is -2.04. The summed E-state index contributed by atoms with van der Waals surface area (Å²) >= 11 is 0. The third kappa shape index (κ3) is 18.2. The van der Waals surface area contributed by atoms with Gasteiger partial charge in [-0.1, -0.05) is 0 Å². The second kappa shape index (κ2) is 3.71. The van der Waals surface area contributed by atoms with Crippen molar-refractivity contribution in [3.8, 4) is 0 Å². The highest BCUT2D eigenvalue weighted by Crippen LogP contribution is 2.06. The Morgan fingerprint density at radius 3 is 1.11 bits per heavy atom. The summed E-state index contributed by atoms with van der Waals surface area (Å²) in [7, 11) is -6.00. The summed E-state index contributed by atoms with van der Waals surface area (Å²) in [5.74, 6) is 0. The lowest BCUT2D eigenvalue weighted by Crippen LogP contribution is -2.15. The van der Waals surface area contributed by atoms with Crippen molar-refractivity contribution in [1.29, 1.82) is 0 Å². The highest BCUT2D eigenvalue weighted by molar-refractivity contribution is 6.50. The van der Waals surface area contributed by atoms with E-state index in [1.165, 1.54) is 6.42 Å². The average molecular weight is 146 g/mol. The van der Waals surface area contributed by atoms with Crippen molar-refractivity contribution < 1.29 is 22.0 Å². The van der Waals surface area contributed by atoms with E-state index in [0.717, 1.165) is 13.2 Å². The van der Waals surface area contributed by atoms with Gasteiger partial charge in [-0.05, 0) is 0 Å². The maximum Gasteiger partial charge on any atom is 0.673 e. The fourth-order valence-electron chi connectivity index (χ4n) is 0.158. The molecule has 1 rings (SSSR count). The minimum Gasteiger partial charge on any atom is -0.433 e. The van der Waals surface area contributed by atoms with Gasteiger partial charge in [0.1, 0.15) is 0 Å². The number of ether oxygens (including phenoxy) is 1. The Morgan fingerprint density at radius 2 is 1.11 bits per heavy atom. The van der Waals surface area contributed by atoms with Gasteiger partial charge in [0.2, 0.25) is 0 Å². The monoisotopic (exact) mass is 146 g/mol. The van der Waals surface area contributed by atoms with E-state index in [4.69, 9.17) is 0 Å². The second-order valence-electron chi connectivity index (χ2n) is 1.52. The molecule has 1 saturated heterocycles. The predicted molar refractivity (Wildman–Crippen MR) is 26.8 cm³/mol. The molecule has 1 N–H and O–H groups in total. The molecule has 56 valence electrons. The third-order valence-corrected chi connectivity index (χ3v) is 0.632. The van der Waals surface area contributed by atoms with Crippen LogP contribution >= 0.6 is 0 Å². The maximum absolute atomic E-state index is 9.75. The van der Waals surface area contributed by atoms with Crippen LogP contribution in [-0.4, -0.2) is 25.2 Å². The lowest BCUT2D eigenvalue weighted by atomic mass is 10.3. The SMILES string of the molecule is C1C[OH+]C1.F[B-](F)(F)F. The summed E-state index contributed by atoms with van der Waals surface area (Å²) < 4.78 is 42.9. The quantitative estimate of drug-likeness (QED) is 0.277. The maximum atomic E-state index is 9.75. The third-order valence-electron chi connectivity index (χ3n) is 0.632. The Balaban J connectivity index is 0.000000144. The minimum atomic E-state index is -6.00. The number of hydrogen-bond donors (Lipinski definition) is 0. The molecule has 0 unspecified atom stereocenters. The van der Waals surface area contributed by atoms with Crippen molar-refractivity contribution >= 4 is 7.25 Å². The molecule has 0 saturated carbocycles. The lowest BCUT2D eigenvalue weighted by molar-refractivity contribution is -0.122. The Morgan fingerprint density at radius 1 is 1.00 bits per heavy atom. The van der Waals surface area contributed by atoms with Crippen LogP contribution in [0.5, 0.6) is 0 Å². The van der Waals surface area contributed by atoms with Crippen LogP contribution in [0.1, 0.15) is 6.42 Å². The zero-order valence-corrected chi connectivity index (χ0v) is 4.66. The number of hydrogen-bond acceptors (Lipinski definition) is 0. The molecule has 6 heteroatoms. The molecule has 0 aromatic rings. The zero-order valence-electron chi connectivity index (χ0n) is 4.66. The van der Waals surface area contributed by atoms with Gasteiger partial charge >= 0.3 is 7.25 Å². The van der Waals surface area contributed by atoms with Crippen LogP contribution < -0.4 is 0 Å². The Kier molecular flexibility index (Phi) is 3.61. The molecule has 1 fully saturated rings. The summed E-state index contributed by atoms with van der Waals surface area (Å²) in [5, 5.41) is 0. The summed E-state index contributed by atoms with van der Waals surface area (Å²) in [5.41, 5.74) is 0. The first-order valence-corrected chi connectivity index (χ1v) is 2.51. The molecule has 0 spiro atoms. The largest absolute Gasteiger partial charge is 0.673 e. The molecule has 1 nitrogen and oxygen atoms in total. The summed E-state index contributed by atoms with van der Waals surface area (Å²) in [4.78, 5) is 0. The van der Waals surface area contributed by atoms with Crippen LogP contribution in [0.2, 0.25) is 0 Å². The summed E-state index contributed by atoms with van der Waals surface area (Å²) in [6.07, 6.45) is 1.33. The van der Waals surface area contributed by atoms with Gasteiger partial charge in [0, 0.05) is 0 Å². The molecule has 0 aliphatic carbocycles. The Labute approximate surface area is 50.1 Å². The second-order valence-corrected chi connectivity index (χ2v) is 1.52. The van der Waals surface area contributed by atoms with E-state index in [1.54, 1.807) is 0 Å². The topological polar surface area (TPSA) is 12.8 Å². The fraction of sp³-hybridized carbons (Fsp3) is 1.00. The van der Waals surface area contributed by atoms with E-state index >= 15 is 0 Å². The molecule has 0 aromatic heterocycles. The smallest absolute Gasteiger partial charge is 0.433 e. The fourth-order valence-corrected chi connectivity index (χ4v) is 0.158. The van der Waals surface area contributed by atoms with Gasteiger partial charge in [-0.3, -0.25) is 0 Å².